The Morgan fingerprint density at radius 2 is 1.94 bits per heavy atom. The molecule has 1 fully saturated rings. The summed E-state index contributed by atoms with van der Waals surface area (Å²) in [6.45, 7) is 2.01. The average molecular weight is 382 g/mol. The molecule has 0 aromatic heterocycles. The van der Waals surface area contributed by atoms with Crippen LogP contribution >= 0.6 is 35.0 Å². The van der Waals surface area contributed by atoms with E-state index in [1.54, 1.807) is 0 Å². The molecule has 1 aliphatic rings. The van der Waals surface area contributed by atoms with Crippen molar-refractivity contribution in [2.45, 2.75) is 18.9 Å². The summed E-state index contributed by atoms with van der Waals surface area (Å²) in [6.07, 6.45) is 1.95. The molecule has 0 unspecified atom stereocenters. The molecule has 0 spiro atoms. The third kappa shape index (κ3) is 4.10. The quantitative estimate of drug-likeness (QED) is 0.583. The van der Waals surface area contributed by atoms with Gasteiger partial charge in [0.15, 0.2) is 0 Å². The van der Waals surface area contributed by atoms with Gasteiger partial charge in [0.25, 0.3) is 0 Å². The number of ether oxygens (including phenoxy) is 1. The van der Waals surface area contributed by atoms with Crippen LogP contribution in [0, 0.1) is 3.57 Å². The SMILES string of the molecule is CN1CCC(OC(=O)c2ccccc2I)CC1.Cl. The van der Waals surface area contributed by atoms with Crippen LogP contribution in [0.4, 0.5) is 0 Å². The van der Waals surface area contributed by atoms with E-state index in [4.69, 9.17) is 4.74 Å². The number of hydrogen-bond donors (Lipinski definition) is 0. The zero-order valence-electron chi connectivity index (χ0n) is 10.3. The number of likely N-dealkylation sites (tertiary alicyclic amines) is 1. The molecule has 0 radical (unpaired) electrons. The molecule has 1 aromatic carbocycles. The molecule has 0 amide bonds. The molecule has 1 heterocycles. The molecule has 0 bridgehead atoms. The second-order valence-corrected chi connectivity index (χ2v) is 5.55. The van der Waals surface area contributed by atoms with Gasteiger partial charge in [-0.2, -0.15) is 0 Å². The first-order valence-electron chi connectivity index (χ1n) is 5.81. The molecule has 0 N–H and O–H groups in total. The van der Waals surface area contributed by atoms with Gasteiger partial charge in [-0.05, 0) is 54.6 Å². The van der Waals surface area contributed by atoms with Gasteiger partial charge in [-0.15, -0.1) is 12.4 Å². The highest BCUT2D eigenvalue weighted by Gasteiger charge is 2.21. The van der Waals surface area contributed by atoms with Gasteiger partial charge in [-0.1, -0.05) is 12.1 Å². The number of esters is 1. The summed E-state index contributed by atoms with van der Waals surface area (Å²) >= 11 is 2.16. The predicted octanol–water partition coefficient (Wildman–Crippen LogP) is 2.96. The Morgan fingerprint density at radius 1 is 1.33 bits per heavy atom. The second-order valence-electron chi connectivity index (χ2n) is 4.39. The summed E-state index contributed by atoms with van der Waals surface area (Å²) in [7, 11) is 2.10. The lowest BCUT2D eigenvalue weighted by Crippen LogP contribution is -2.35. The molecule has 18 heavy (non-hydrogen) atoms. The van der Waals surface area contributed by atoms with Gasteiger partial charge < -0.3 is 9.64 Å². The van der Waals surface area contributed by atoms with Crippen molar-refractivity contribution in [2.75, 3.05) is 20.1 Å². The highest BCUT2D eigenvalue weighted by molar-refractivity contribution is 14.1. The highest BCUT2D eigenvalue weighted by Crippen LogP contribution is 2.17. The molecule has 1 saturated heterocycles. The summed E-state index contributed by atoms with van der Waals surface area (Å²) in [4.78, 5) is 14.2. The van der Waals surface area contributed by atoms with Gasteiger partial charge in [-0.3, -0.25) is 0 Å². The first kappa shape index (κ1) is 15.7. The van der Waals surface area contributed by atoms with Gasteiger partial charge in [0, 0.05) is 16.7 Å². The minimum absolute atomic E-state index is 0. The standard InChI is InChI=1S/C13H16INO2.ClH/c1-15-8-6-10(7-9-15)17-13(16)11-4-2-3-5-12(11)14;/h2-5,10H,6-9H2,1H3;1H. The van der Waals surface area contributed by atoms with E-state index in [9.17, 15) is 4.79 Å². The van der Waals surface area contributed by atoms with Crippen molar-refractivity contribution in [3.05, 3.63) is 33.4 Å². The predicted molar refractivity (Wildman–Crippen MR) is 82.3 cm³/mol. The van der Waals surface area contributed by atoms with Crippen LogP contribution in [-0.2, 0) is 4.74 Å². The average Bonchev–Trinajstić information content (AvgIpc) is 2.32. The fraction of sp³-hybridized carbons (Fsp3) is 0.462. The molecular formula is C13H17ClINO2. The second kappa shape index (κ2) is 7.31. The van der Waals surface area contributed by atoms with E-state index in [0.29, 0.717) is 5.56 Å². The van der Waals surface area contributed by atoms with Crippen molar-refractivity contribution < 1.29 is 9.53 Å². The van der Waals surface area contributed by atoms with Crippen LogP contribution in [0.15, 0.2) is 24.3 Å². The van der Waals surface area contributed by atoms with Crippen LogP contribution in [0.3, 0.4) is 0 Å². The Balaban J connectivity index is 0.00000162. The summed E-state index contributed by atoms with van der Waals surface area (Å²) in [5.74, 6) is -0.190. The van der Waals surface area contributed by atoms with Crippen LogP contribution in [0.25, 0.3) is 0 Å². The van der Waals surface area contributed by atoms with E-state index < -0.39 is 0 Å². The first-order valence-corrected chi connectivity index (χ1v) is 6.89. The first-order chi connectivity index (χ1) is 8.16. The number of benzene rings is 1. The normalized spacial score (nSPS) is 17.0. The number of halogens is 2. The van der Waals surface area contributed by atoms with Crippen molar-refractivity contribution in [1.82, 2.24) is 4.90 Å². The third-order valence-electron chi connectivity index (χ3n) is 3.03. The van der Waals surface area contributed by atoms with Crippen molar-refractivity contribution in [2.24, 2.45) is 0 Å². The zero-order chi connectivity index (χ0) is 12.3. The monoisotopic (exact) mass is 381 g/mol. The van der Waals surface area contributed by atoms with Gasteiger partial charge in [0.2, 0.25) is 0 Å². The van der Waals surface area contributed by atoms with Crippen molar-refractivity contribution in [3.8, 4) is 0 Å². The van der Waals surface area contributed by atoms with Gasteiger partial charge >= 0.3 is 5.97 Å². The highest BCUT2D eigenvalue weighted by atomic mass is 127. The molecule has 2 rings (SSSR count). The van der Waals surface area contributed by atoms with Gasteiger partial charge in [0.1, 0.15) is 6.10 Å². The molecular weight excluding hydrogens is 365 g/mol. The third-order valence-corrected chi connectivity index (χ3v) is 3.97. The van der Waals surface area contributed by atoms with Crippen molar-refractivity contribution in [1.29, 1.82) is 0 Å². The Hall–Kier alpha value is -0.330. The maximum atomic E-state index is 12.0. The summed E-state index contributed by atoms with van der Waals surface area (Å²) < 4.78 is 6.48. The molecule has 3 nitrogen and oxygen atoms in total. The fourth-order valence-electron chi connectivity index (χ4n) is 1.94. The lowest BCUT2D eigenvalue weighted by Gasteiger charge is -2.28. The molecule has 5 heteroatoms. The van der Waals surface area contributed by atoms with E-state index >= 15 is 0 Å². The van der Waals surface area contributed by atoms with Crippen LogP contribution in [-0.4, -0.2) is 37.1 Å². The molecule has 0 atom stereocenters. The largest absolute Gasteiger partial charge is 0.459 e. The van der Waals surface area contributed by atoms with E-state index in [1.165, 1.54) is 0 Å². The smallest absolute Gasteiger partial charge is 0.339 e. The van der Waals surface area contributed by atoms with Crippen molar-refractivity contribution >= 4 is 41.0 Å². The van der Waals surface area contributed by atoms with Crippen LogP contribution in [0.2, 0.25) is 0 Å². The topological polar surface area (TPSA) is 29.5 Å². The Bertz CT molecular complexity index is 406. The Morgan fingerprint density at radius 3 is 2.56 bits per heavy atom. The van der Waals surface area contributed by atoms with E-state index in [1.807, 2.05) is 24.3 Å². The lowest BCUT2D eigenvalue weighted by molar-refractivity contribution is 0.0138. The maximum absolute atomic E-state index is 12.0. The molecule has 1 aromatic rings. The maximum Gasteiger partial charge on any atom is 0.339 e. The minimum Gasteiger partial charge on any atom is -0.459 e. The summed E-state index contributed by atoms with van der Waals surface area (Å²) in [5.41, 5.74) is 0.673. The lowest BCUT2D eigenvalue weighted by atomic mass is 10.1. The number of carbonyl (C=O) groups is 1. The van der Waals surface area contributed by atoms with E-state index in [-0.39, 0.29) is 24.5 Å². The van der Waals surface area contributed by atoms with Crippen LogP contribution in [0.5, 0.6) is 0 Å². The van der Waals surface area contributed by atoms with E-state index in [0.717, 1.165) is 29.5 Å². The number of hydrogen-bond acceptors (Lipinski definition) is 3. The van der Waals surface area contributed by atoms with Crippen LogP contribution < -0.4 is 0 Å². The number of carbonyl (C=O) groups excluding carboxylic acids is 1. The number of rotatable bonds is 2. The molecule has 100 valence electrons. The van der Waals surface area contributed by atoms with Crippen LogP contribution in [0.1, 0.15) is 23.2 Å². The van der Waals surface area contributed by atoms with E-state index in [2.05, 4.69) is 34.5 Å². The number of nitrogens with zero attached hydrogens (tertiary/aromatic N) is 1. The van der Waals surface area contributed by atoms with Crippen molar-refractivity contribution in [3.63, 3.8) is 0 Å². The number of piperidine rings is 1. The molecule has 0 aliphatic carbocycles. The molecule has 0 saturated carbocycles. The minimum atomic E-state index is -0.190. The van der Waals surface area contributed by atoms with Gasteiger partial charge in [0.05, 0.1) is 5.56 Å². The zero-order valence-corrected chi connectivity index (χ0v) is 13.2. The Kier molecular flexibility index (Phi) is 6.38. The Labute approximate surface area is 127 Å². The summed E-state index contributed by atoms with van der Waals surface area (Å²) in [5, 5.41) is 0. The molecule has 1 aliphatic heterocycles. The fourth-order valence-corrected chi connectivity index (χ4v) is 2.55. The summed E-state index contributed by atoms with van der Waals surface area (Å²) in [6, 6.07) is 7.53. The van der Waals surface area contributed by atoms with Gasteiger partial charge in [-0.25, -0.2) is 4.79 Å².